The van der Waals surface area contributed by atoms with Gasteiger partial charge in [0.05, 0.1) is 27.7 Å². The van der Waals surface area contributed by atoms with E-state index in [1.807, 2.05) is 13.8 Å². The Morgan fingerprint density at radius 1 is 1.07 bits per heavy atom. The van der Waals surface area contributed by atoms with Crippen molar-refractivity contribution in [3.8, 4) is 0 Å². The first-order chi connectivity index (χ1) is 7.18. The van der Waals surface area contributed by atoms with E-state index in [0.29, 0.717) is 32.6 Å². The van der Waals surface area contributed by atoms with Gasteiger partial charge in [-0.1, -0.05) is 20.2 Å². The molecule has 90 valence electrons. The lowest BCUT2D eigenvalue weighted by molar-refractivity contribution is 0.122. The van der Waals surface area contributed by atoms with Crippen molar-refractivity contribution in [2.45, 2.75) is 40.4 Å². The second-order valence-electron chi connectivity index (χ2n) is 2.26. The van der Waals surface area contributed by atoms with Gasteiger partial charge in [-0.05, 0) is 20.3 Å². The minimum Gasteiger partial charge on any atom is -0.287 e. The Morgan fingerprint density at radius 3 is 1.87 bits per heavy atom. The summed E-state index contributed by atoms with van der Waals surface area (Å²) in [5.41, 5.74) is 0. The number of phosphoric ester groups is 1. The van der Waals surface area contributed by atoms with Crippen LogP contribution in [0.4, 0.5) is 0 Å². The molecule has 0 fully saturated rings. The second-order valence-corrected chi connectivity index (χ2v) is 3.93. The van der Waals surface area contributed by atoms with Gasteiger partial charge in [0.15, 0.2) is 0 Å². The van der Waals surface area contributed by atoms with E-state index in [9.17, 15) is 4.57 Å². The van der Waals surface area contributed by atoms with E-state index >= 15 is 0 Å². The van der Waals surface area contributed by atoms with Crippen molar-refractivity contribution < 1.29 is 18.1 Å². The fourth-order valence-corrected chi connectivity index (χ4v) is 1.90. The summed E-state index contributed by atoms with van der Waals surface area (Å²) in [4.78, 5) is 0. The van der Waals surface area contributed by atoms with E-state index in [0.717, 1.165) is 0 Å². The smallest absolute Gasteiger partial charge is 0.287 e. The van der Waals surface area contributed by atoms with Gasteiger partial charge >= 0.3 is 7.82 Å². The predicted molar refractivity (Wildman–Crippen MR) is 63.3 cm³/mol. The molecule has 0 aromatic heterocycles. The Balaban J connectivity index is 0. The largest absolute Gasteiger partial charge is 0.474 e. The quantitative estimate of drug-likeness (QED) is 0.368. The first-order valence-electron chi connectivity index (χ1n) is 5.42. The minimum atomic E-state index is -3.30. The summed E-state index contributed by atoms with van der Waals surface area (Å²) in [6.45, 7) is 8.38. The zero-order chi connectivity index (χ0) is 12.2. The van der Waals surface area contributed by atoms with E-state index in [2.05, 4.69) is 0 Å². The van der Waals surface area contributed by atoms with Crippen molar-refractivity contribution in [1.29, 1.82) is 0 Å². The van der Waals surface area contributed by atoms with Gasteiger partial charge in [0.2, 0.25) is 0 Å². The Labute approximate surface area is 94.7 Å². The van der Waals surface area contributed by atoms with Crippen molar-refractivity contribution >= 4 is 15.7 Å². The molecule has 0 unspecified atom stereocenters. The summed E-state index contributed by atoms with van der Waals surface area (Å²) in [6.07, 6.45) is 1.14. The normalized spacial score (nSPS) is 10.7. The predicted octanol–water partition coefficient (Wildman–Crippen LogP) is 3.19. The van der Waals surface area contributed by atoms with Crippen molar-refractivity contribution in [2.75, 3.05) is 19.8 Å². The standard InChI is InChI=1S/C7H16BO4P.C2H6/c1-3-10-13(9,11-4-2)12-7-5-6-8;1-2/h3-7H2,1-2H3;1-2H3. The molecule has 0 aliphatic rings. The minimum absolute atomic E-state index is 0.299. The zero-order valence-electron chi connectivity index (χ0n) is 10.2. The zero-order valence-corrected chi connectivity index (χ0v) is 11.1. The van der Waals surface area contributed by atoms with Crippen molar-refractivity contribution in [1.82, 2.24) is 0 Å². The third-order valence-corrected chi connectivity index (χ3v) is 2.82. The van der Waals surface area contributed by atoms with E-state index in [-0.39, 0.29) is 0 Å². The van der Waals surface area contributed by atoms with Gasteiger partial charge in [0, 0.05) is 0 Å². The van der Waals surface area contributed by atoms with Gasteiger partial charge < -0.3 is 0 Å². The molecule has 0 aromatic rings. The fraction of sp³-hybridized carbons (Fsp3) is 1.00. The first-order valence-corrected chi connectivity index (χ1v) is 6.88. The highest BCUT2D eigenvalue weighted by Gasteiger charge is 2.24. The van der Waals surface area contributed by atoms with Crippen LogP contribution in [-0.2, 0) is 18.1 Å². The highest BCUT2D eigenvalue weighted by atomic mass is 31.2. The molecule has 2 radical (unpaired) electrons. The maximum Gasteiger partial charge on any atom is 0.474 e. The van der Waals surface area contributed by atoms with Gasteiger partial charge in [-0.2, -0.15) is 0 Å². The summed E-state index contributed by atoms with van der Waals surface area (Å²) < 4.78 is 26.3. The van der Waals surface area contributed by atoms with Crippen LogP contribution in [0.1, 0.15) is 34.1 Å². The maximum atomic E-state index is 11.6. The molecular weight excluding hydrogens is 214 g/mol. The van der Waals surface area contributed by atoms with Gasteiger partial charge in [-0.25, -0.2) is 4.57 Å². The summed E-state index contributed by atoms with van der Waals surface area (Å²) in [7, 11) is 1.95. The van der Waals surface area contributed by atoms with Crippen molar-refractivity contribution in [3.63, 3.8) is 0 Å². The number of rotatable bonds is 8. The lowest BCUT2D eigenvalue weighted by Crippen LogP contribution is -2.01. The molecule has 4 nitrogen and oxygen atoms in total. The first kappa shape index (κ1) is 17.6. The molecule has 15 heavy (non-hydrogen) atoms. The number of phosphoric acid groups is 1. The lowest BCUT2D eigenvalue weighted by Gasteiger charge is -2.15. The molecule has 0 spiro atoms. The summed E-state index contributed by atoms with van der Waals surface area (Å²) in [5, 5.41) is 0. The molecule has 0 heterocycles. The second kappa shape index (κ2) is 12.2. The van der Waals surface area contributed by atoms with E-state index in [1.54, 1.807) is 13.8 Å². The SMILES string of the molecule is CC.[B]CCCOP(=O)(OCC)OCC. The van der Waals surface area contributed by atoms with Gasteiger partial charge in [-0.3, -0.25) is 13.6 Å². The van der Waals surface area contributed by atoms with Crippen LogP contribution in [0, 0.1) is 0 Å². The third-order valence-electron chi connectivity index (χ3n) is 1.17. The molecule has 0 rings (SSSR count). The Kier molecular flexibility index (Phi) is 14.3. The maximum absolute atomic E-state index is 11.6. The average molecular weight is 236 g/mol. The molecule has 0 atom stereocenters. The molecule has 0 amide bonds. The molecule has 0 aromatic carbocycles. The molecule has 0 bridgehead atoms. The molecule has 0 N–H and O–H groups in total. The highest BCUT2D eigenvalue weighted by molar-refractivity contribution is 7.48. The van der Waals surface area contributed by atoms with E-state index in [4.69, 9.17) is 21.4 Å². The Bertz CT molecular complexity index is 156. The molecule has 0 aliphatic heterocycles. The van der Waals surface area contributed by atoms with Crippen LogP contribution in [0.3, 0.4) is 0 Å². The van der Waals surface area contributed by atoms with Gasteiger partial charge in [0.1, 0.15) is 0 Å². The molecule has 0 saturated carbocycles. The molecule has 0 aliphatic carbocycles. The number of hydrogen-bond donors (Lipinski definition) is 0. The summed E-state index contributed by atoms with van der Waals surface area (Å²) in [6, 6.07) is 0. The van der Waals surface area contributed by atoms with Crippen LogP contribution in [0.2, 0.25) is 6.32 Å². The monoisotopic (exact) mass is 236 g/mol. The highest BCUT2D eigenvalue weighted by Crippen LogP contribution is 2.49. The Morgan fingerprint density at radius 2 is 1.53 bits per heavy atom. The van der Waals surface area contributed by atoms with Crippen LogP contribution >= 0.6 is 7.82 Å². The van der Waals surface area contributed by atoms with Crippen LogP contribution < -0.4 is 0 Å². The van der Waals surface area contributed by atoms with Crippen molar-refractivity contribution in [3.05, 3.63) is 0 Å². The summed E-state index contributed by atoms with van der Waals surface area (Å²) >= 11 is 0. The topological polar surface area (TPSA) is 44.8 Å². The average Bonchev–Trinajstić information content (AvgIpc) is 2.22. The fourth-order valence-electron chi connectivity index (χ4n) is 0.688. The molecule has 6 heteroatoms. The van der Waals surface area contributed by atoms with E-state index < -0.39 is 7.82 Å². The Hall–Kier alpha value is 0.175. The van der Waals surface area contributed by atoms with Crippen LogP contribution in [-0.4, -0.2) is 27.7 Å². The molecular formula is C9H22BO4P. The van der Waals surface area contributed by atoms with E-state index in [1.165, 1.54) is 0 Å². The number of hydrogen-bond acceptors (Lipinski definition) is 4. The third kappa shape index (κ3) is 10.5. The van der Waals surface area contributed by atoms with Gasteiger partial charge in [0.25, 0.3) is 0 Å². The van der Waals surface area contributed by atoms with Crippen LogP contribution in [0.25, 0.3) is 0 Å². The van der Waals surface area contributed by atoms with Gasteiger partial charge in [-0.15, -0.1) is 0 Å². The van der Waals surface area contributed by atoms with Crippen LogP contribution in [0.5, 0.6) is 0 Å². The molecule has 0 saturated heterocycles. The summed E-state index contributed by atoms with van der Waals surface area (Å²) in [5.74, 6) is 0. The lowest BCUT2D eigenvalue weighted by atomic mass is 10.0. The van der Waals surface area contributed by atoms with Crippen LogP contribution in [0.15, 0.2) is 0 Å². The van der Waals surface area contributed by atoms with Crippen molar-refractivity contribution in [2.24, 2.45) is 0 Å².